The Bertz CT molecular complexity index is 456. The number of carbonyl (C=O) groups is 1. The van der Waals surface area contributed by atoms with Crippen molar-refractivity contribution in [2.75, 3.05) is 18.4 Å². The zero-order valence-corrected chi connectivity index (χ0v) is 12.3. The number of carbonyl (C=O) groups excluding carboxylic acids is 1. The number of piperidine rings is 1. The van der Waals surface area contributed by atoms with Gasteiger partial charge in [-0.3, -0.25) is 4.98 Å². The fourth-order valence-electron chi connectivity index (χ4n) is 2.22. The maximum absolute atomic E-state index is 11.8. The highest BCUT2D eigenvalue weighted by Crippen LogP contribution is 2.16. The maximum atomic E-state index is 11.8. The summed E-state index contributed by atoms with van der Waals surface area (Å²) in [5.74, 6) is 0.799. The normalized spacial score (nSPS) is 16.3. The first kappa shape index (κ1) is 14.6. The first-order valence-corrected chi connectivity index (χ1v) is 7.05. The molecule has 110 valence electrons. The molecule has 0 atom stereocenters. The Morgan fingerprint density at radius 1 is 1.40 bits per heavy atom. The lowest BCUT2D eigenvalue weighted by atomic mass is 10.1. The average molecular weight is 278 g/mol. The summed E-state index contributed by atoms with van der Waals surface area (Å²) < 4.78 is 5.20. The fourth-order valence-corrected chi connectivity index (χ4v) is 2.22. The smallest absolute Gasteiger partial charge is 0.410 e. The molecule has 1 fully saturated rings. The lowest BCUT2D eigenvalue weighted by molar-refractivity contribution is 0.0701. The SMILES string of the molecule is Cc1cncc(NC2CCN(C(=O)OC(C)C)CC2)n1. The Morgan fingerprint density at radius 3 is 2.70 bits per heavy atom. The third-order valence-corrected chi connectivity index (χ3v) is 3.20. The van der Waals surface area contributed by atoms with Gasteiger partial charge in [0.05, 0.1) is 18.0 Å². The van der Waals surface area contributed by atoms with Crippen LogP contribution in [0.3, 0.4) is 0 Å². The van der Waals surface area contributed by atoms with E-state index in [1.165, 1.54) is 0 Å². The van der Waals surface area contributed by atoms with Gasteiger partial charge in [0.2, 0.25) is 0 Å². The van der Waals surface area contributed by atoms with Crippen LogP contribution in [0, 0.1) is 6.92 Å². The summed E-state index contributed by atoms with van der Waals surface area (Å²) in [6.07, 6.45) is 4.96. The van der Waals surface area contributed by atoms with Crippen LogP contribution in [0.4, 0.5) is 10.6 Å². The molecule has 0 aliphatic carbocycles. The molecular weight excluding hydrogens is 256 g/mol. The Balaban J connectivity index is 1.81. The number of likely N-dealkylation sites (tertiary alicyclic amines) is 1. The molecule has 1 aromatic rings. The van der Waals surface area contributed by atoms with Crippen LogP contribution in [0.25, 0.3) is 0 Å². The highest BCUT2D eigenvalue weighted by molar-refractivity contribution is 5.67. The molecule has 6 nitrogen and oxygen atoms in total. The first-order valence-electron chi connectivity index (χ1n) is 7.05. The number of ether oxygens (including phenoxy) is 1. The van der Waals surface area contributed by atoms with Gasteiger partial charge in [-0.1, -0.05) is 0 Å². The Hall–Kier alpha value is -1.85. The van der Waals surface area contributed by atoms with Crippen LogP contribution >= 0.6 is 0 Å². The Morgan fingerprint density at radius 2 is 2.10 bits per heavy atom. The molecule has 0 radical (unpaired) electrons. The number of amides is 1. The van der Waals surface area contributed by atoms with Gasteiger partial charge in [-0.25, -0.2) is 9.78 Å². The lowest BCUT2D eigenvalue weighted by Crippen LogP contribution is -2.43. The molecule has 2 rings (SSSR count). The number of hydrogen-bond donors (Lipinski definition) is 1. The van der Waals surface area contributed by atoms with Crippen molar-refractivity contribution in [1.82, 2.24) is 14.9 Å². The third-order valence-electron chi connectivity index (χ3n) is 3.20. The number of rotatable bonds is 3. The van der Waals surface area contributed by atoms with Crippen LogP contribution in [0.2, 0.25) is 0 Å². The van der Waals surface area contributed by atoms with Crippen LogP contribution in [-0.4, -0.2) is 46.2 Å². The summed E-state index contributed by atoms with van der Waals surface area (Å²) in [6, 6.07) is 0.328. The quantitative estimate of drug-likeness (QED) is 0.918. The van der Waals surface area contributed by atoms with Crippen LogP contribution in [-0.2, 0) is 4.74 Å². The fraction of sp³-hybridized carbons (Fsp3) is 0.643. The van der Waals surface area contributed by atoms with Gasteiger partial charge in [0.1, 0.15) is 5.82 Å². The summed E-state index contributed by atoms with van der Waals surface area (Å²) in [5.41, 5.74) is 0.896. The average Bonchev–Trinajstić information content (AvgIpc) is 2.38. The summed E-state index contributed by atoms with van der Waals surface area (Å²) in [7, 11) is 0. The van der Waals surface area contributed by atoms with E-state index in [2.05, 4.69) is 15.3 Å². The standard InChI is InChI=1S/C14H22N4O2/c1-10(2)20-14(19)18-6-4-12(5-7-18)17-13-9-15-8-11(3)16-13/h8-10,12H,4-7H2,1-3H3,(H,16,17). The van der Waals surface area contributed by atoms with E-state index >= 15 is 0 Å². The van der Waals surface area contributed by atoms with Crippen molar-refractivity contribution in [3.63, 3.8) is 0 Å². The van der Waals surface area contributed by atoms with Gasteiger partial charge < -0.3 is 15.0 Å². The number of anilines is 1. The van der Waals surface area contributed by atoms with Crippen LogP contribution in [0.1, 0.15) is 32.4 Å². The molecule has 0 unspecified atom stereocenters. The van der Waals surface area contributed by atoms with Crippen LogP contribution in [0.5, 0.6) is 0 Å². The second kappa shape index (κ2) is 6.54. The summed E-state index contributed by atoms with van der Waals surface area (Å²) >= 11 is 0. The highest BCUT2D eigenvalue weighted by Gasteiger charge is 2.24. The molecule has 2 heterocycles. The lowest BCUT2D eigenvalue weighted by Gasteiger charge is -2.32. The van der Waals surface area contributed by atoms with E-state index in [1.54, 1.807) is 17.3 Å². The van der Waals surface area contributed by atoms with E-state index in [1.807, 2.05) is 20.8 Å². The topological polar surface area (TPSA) is 67.4 Å². The van der Waals surface area contributed by atoms with Crippen molar-refractivity contribution >= 4 is 11.9 Å². The molecule has 1 N–H and O–H groups in total. The molecule has 0 spiro atoms. The van der Waals surface area contributed by atoms with Crippen LogP contribution in [0.15, 0.2) is 12.4 Å². The number of aryl methyl sites for hydroxylation is 1. The van der Waals surface area contributed by atoms with Gasteiger partial charge in [0.25, 0.3) is 0 Å². The maximum Gasteiger partial charge on any atom is 0.410 e. The first-order chi connectivity index (χ1) is 9.54. The minimum atomic E-state index is -0.214. The van der Waals surface area contributed by atoms with Crippen molar-refractivity contribution in [1.29, 1.82) is 0 Å². The zero-order valence-electron chi connectivity index (χ0n) is 12.3. The zero-order chi connectivity index (χ0) is 14.5. The van der Waals surface area contributed by atoms with Crippen LogP contribution < -0.4 is 5.32 Å². The predicted molar refractivity (Wildman–Crippen MR) is 76.6 cm³/mol. The van der Waals surface area contributed by atoms with E-state index in [0.717, 1.165) is 24.4 Å². The van der Waals surface area contributed by atoms with Gasteiger partial charge in [-0.15, -0.1) is 0 Å². The Kier molecular flexibility index (Phi) is 4.76. The molecule has 20 heavy (non-hydrogen) atoms. The van der Waals surface area contributed by atoms with Gasteiger partial charge in [-0.05, 0) is 33.6 Å². The van der Waals surface area contributed by atoms with Crippen molar-refractivity contribution in [2.24, 2.45) is 0 Å². The summed E-state index contributed by atoms with van der Waals surface area (Å²) in [6.45, 7) is 7.07. The molecule has 1 aromatic heterocycles. The van der Waals surface area contributed by atoms with Crippen molar-refractivity contribution < 1.29 is 9.53 Å². The summed E-state index contributed by atoms with van der Waals surface area (Å²) in [4.78, 5) is 22.0. The predicted octanol–water partition coefficient (Wildman–Crippen LogP) is 2.21. The molecule has 6 heteroatoms. The molecule has 1 aliphatic heterocycles. The summed E-state index contributed by atoms with van der Waals surface area (Å²) in [5, 5.41) is 3.37. The largest absolute Gasteiger partial charge is 0.447 e. The number of aromatic nitrogens is 2. The number of nitrogens with one attached hydrogen (secondary N) is 1. The monoisotopic (exact) mass is 278 g/mol. The van der Waals surface area contributed by atoms with E-state index in [0.29, 0.717) is 19.1 Å². The van der Waals surface area contributed by atoms with Crippen molar-refractivity contribution in [3.05, 3.63) is 18.1 Å². The Labute approximate surface area is 119 Å². The molecule has 0 bridgehead atoms. The molecule has 1 saturated heterocycles. The highest BCUT2D eigenvalue weighted by atomic mass is 16.6. The molecule has 1 amide bonds. The van der Waals surface area contributed by atoms with E-state index in [4.69, 9.17) is 4.74 Å². The second-order valence-electron chi connectivity index (χ2n) is 5.38. The molecule has 1 aliphatic rings. The number of hydrogen-bond acceptors (Lipinski definition) is 5. The van der Waals surface area contributed by atoms with E-state index in [9.17, 15) is 4.79 Å². The van der Waals surface area contributed by atoms with Gasteiger partial charge >= 0.3 is 6.09 Å². The van der Waals surface area contributed by atoms with E-state index < -0.39 is 0 Å². The molecule has 0 aromatic carbocycles. The van der Waals surface area contributed by atoms with Crippen molar-refractivity contribution in [3.8, 4) is 0 Å². The molecule has 0 saturated carbocycles. The third kappa shape index (κ3) is 4.08. The minimum Gasteiger partial charge on any atom is -0.447 e. The minimum absolute atomic E-state index is 0.0686. The van der Waals surface area contributed by atoms with Gasteiger partial charge in [-0.2, -0.15) is 0 Å². The van der Waals surface area contributed by atoms with Gasteiger partial charge in [0, 0.05) is 25.3 Å². The number of nitrogens with zero attached hydrogens (tertiary/aromatic N) is 3. The molecular formula is C14H22N4O2. The van der Waals surface area contributed by atoms with Crippen molar-refractivity contribution in [2.45, 2.75) is 45.8 Å². The second-order valence-corrected chi connectivity index (χ2v) is 5.38. The van der Waals surface area contributed by atoms with E-state index in [-0.39, 0.29) is 12.2 Å². The van der Waals surface area contributed by atoms with Gasteiger partial charge in [0.15, 0.2) is 0 Å².